The van der Waals surface area contributed by atoms with Gasteiger partial charge in [-0.05, 0) is 50.2 Å². The first kappa shape index (κ1) is 16.5. The van der Waals surface area contributed by atoms with Gasteiger partial charge in [-0.1, -0.05) is 6.07 Å². The van der Waals surface area contributed by atoms with Crippen molar-refractivity contribution in [1.82, 2.24) is 10.2 Å². The number of nitrogens with zero attached hydrogens (tertiary/aromatic N) is 1. The first-order chi connectivity index (χ1) is 8.79. The Morgan fingerprint density at radius 2 is 2.42 bits per heavy atom. The first-order valence-corrected chi connectivity index (χ1v) is 7.62. The number of carbonyl (C=O) groups excluding carboxylic acids is 1. The van der Waals surface area contributed by atoms with Crippen molar-refractivity contribution >= 4 is 29.7 Å². The molecule has 0 radical (unpaired) electrons. The van der Waals surface area contributed by atoms with Crippen LogP contribution in [0.25, 0.3) is 0 Å². The van der Waals surface area contributed by atoms with E-state index in [0.29, 0.717) is 18.2 Å². The normalized spacial score (nSPS) is 18.4. The molecule has 19 heavy (non-hydrogen) atoms. The van der Waals surface area contributed by atoms with E-state index in [2.05, 4.69) is 22.8 Å². The number of hydrogen-bond acceptors (Lipinski definition) is 3. The number of rotatable bonds is 6. The van der Waals surface area contributed by atoms with E-state index in [1.807, 2.05) is 11.9 Å². The Morgan fingerprint density at radius 3 is 3.11 bits per heavy atom. The van der Waals surface area contributed by atoms with Crippen molar-refractivity contribution in [3.8, 4) is 0 Å². The number of carbonyl (C=O) groups is 1. The van der Waals surface area contributed by atoms with Gasteiger partial charge < -0.3 is 10.2 Å². The Hall–Kier alpha value is -0.580. The zero-order chi connectivity index (χ0) is 12.8. The maximum absolute atomic E-state index is 12.0. The van der Waals surface area contributed by atoms with Crippen LogP contribution in [0.4, 0.5) is 0 Å². The molecule has 0 bridgehead atoms. The molecule has 0 aliphatic carbocycles. The lowest BCUT2D eigenvalue weighted by atomic mass is 10.1. The van der Waals surface area contributed by atoms with Crippen molar-refractivity contribution in [2.45, 2.75) is 25.7 Å². The van der Waals surface area contributed by atoms with E-state index >= 15 is 0 Å². The van der Waals surface area contributed by atoms with E-state index in [1.54, 1.807) is 11.3 Å². The van der Waals surface area contributed by atoms with Gasteiger partial charge in [0.2, 0.25) is 5.91 Å². The number of amides is 1. The molecule has 0 aromatic carbocycles. The summed E-state index contributed by atoms with van der Waals surface area (Å²) in [6, 6.07) is 4.22. The molecule has 1 saturated heterocycles. The van der Waals surface area contributed by atoms with Crippen LogP contribution in [0.5, 0.6) is 0 Å². The van der Waals surface area contributed by atoms with Gasteiger partial charge in [-0.25, -0.2) is 0 Å². The largest absolute Gasteiger partial charge is 0.342 e. The molecule has 1 N–H and O–H groups in total. The lowest BCUT2D eigenvalue weighted by Gasteiger charge is -2.16. The summed E-state index contributed by atoms with van der Waals surface area (Å²) in [5, 5.41) is 5.29. The monoisotopic (exact) mass is 302 g/mol. The van der Waals surface area contributed by atoms with Gasteiger partial charge in [-0.2, -0.15) is 0 Å². The van der Waals surface area contributed by atoms with Crippen LogP contribution in [-0.4, -0.2) is 37.5 Å². The average molecular weight is 303 g/mol. The number of hydrogen-bond donors (Lipinski definition) is 1. The zero-order valence-corrected chi connectivity index (χ0v) is 13.1. The van der Waals surface area contributed by atoms with Crippen LogP contribution in [0.15, 0.2) is 17.5 Å². The van der Waals surface area contributed by atoms with E-state index < -0.39 is 0 Å². The van der Waals surface area contributed by atoms with Crippen molar-refractivity contribution in [3.05, 3.63) is 22.4 Å². The molecular formula is C14H23ClN2OS. The topological polar surface area (TPSA) is 32.3 Å². The number of aryl methyl sites for hydroxylation is 1. The standard InChI is InChI=1S/C14H22N2OS.ClH/c1-15-10-12-7-8-16(11-12)14(17)6-2-4-13-5-3-9-18-13;/h3,5,9,12,15H,2,4,6-8,10-11H2,1H3;1H. The smallest absolute Gasteiger partial charge is 0.222 e. The molecule has 1 amide bonds. The molecule has 1 aromatic heterocycles. The summed E-state index contributed by atoms with van der Waals surface area (Å²) in [5.41, 5.74) is 0. The maximum Gasteiger partial charge on any atom is 0.222 e. The van der Waals surface area contributed by atoms with E-state index in [4.69, 9.17) is 0 Å². The molecule has 1 atom stereocenters. The molecule has 0 spiro atoms. The lowest BCUT2D eigenvalue weighted by Crippen LogP contribution is -2.30. The van der Waals surface area contributed by atoms with E-state index in [9.17, 15) is 4.79 Å². The van der Waals surface area contributed by atoms with Crippen molar-refractivity contribution in [2.75, 3.05) is 26.7 Å². The quantitative estimate of drug-likeness (QED) is 0.876. The highest BCUT2D eigenvalue weighted by atomic mass is 35.5. The Balaban J connectivity index is 0.00000180. The van der Waals surface area contributed by atoms with E-state index in [0.717, 1.165) is 38.9 Å². The summed E-state index contributed by atoms with van der Waals surface area (Å²) < 4.78 is 0. The van der Waals surface area contributed by atoms with Gasteiger partial charge in [0, 0.05) is 24.4 Å². The molecule has 0 saturated carbocycles. The minimum Gasteiger partial charge on any atom is -0.342 e. The van der Waals surface area contributed by atoms with Crippen molar-refractivity contribution in [1.29, 1.82) is 0 Å². The van der Waals surface area contributed by atoms with Gasteiger partial charge in [-0.3, -0.25) is 4.79 Å². The highest BCUT2D eigenvalue weighted by Gasteiger charge is 2.24. The van der Waals surface area contributed by atoms with Gasteiger partial charge in [0.15, 0.2) is 0 Å². The molecule has 1 aliphatic heterocycles. The first-order valence-electron chi connectivity index (χ1n) is 6.74. The van der Waals surface area contributed by atoms with E-state index in [-0.39, 0.29) is 12.4 Å². The number of nitrogens with one attached hydrogen (secondary N) is 1. The van der Waals surface area contributed by atoms with Gasteiger partial charge in [0.1, 0.15) is 0 Å². The van der Waals surface area contributed by atoms with Gasteiger partial charge in [0.05, 0.1) is 0 Å². The predicted octanol–water partition coefficient (Wildman–Crippen LogP) is 2.56. The zero-order valence-electron chi connectivity index (χ0n) is 11.4. The summed E-state index contributed by atoms with van der Waals surface area (Å²) in [5.74, 6) is 0.987. The third-order valence-electron chi connectivity index (χ3n) is 3.53. The number of likely N-dealkylation sites (tertiary alicyclic amines) is 1. The molecule has 2 rings (SSSR count). The second-order valence-corrected chi connectivity index (χ2v) is 6.02. The predicted molar refractivity (Wildman–Crippen MR) is 83.1 cm³/mol. The van der Waals surface area contributed by atoms with Crippen LogP contribution in [-0.2, 0) is 11.2 Å². The highest BCUT2D eigenvalue weighted by Crippen LogP contribution is 2.18. The van der Waals surface area contributed by atoms with Crippen LogP contribution >= 0.6 is 23.7 Å². The number of halogens is 1. The molecular weight excluding hydrogens is 280 g/mol. The second-order valence-electron chi connectivity index (χ2n) is 4.99. The Bertz CT molecular complexity index is 370. The summed E-state index contributed by atoms with van der Waals surface area (Å²) in [4.78, 5) is 15.5. The molecule has 108 valence electrons. The average Bonchev–Trinajstić information content (AvgIpc) is 3.00. The summed E-state index contributed by atoms with van der Waals surface area (Å²) in [6.07, 6.45) is 3.87. The minimum atomic E-state index is 0. The summed E-state index contributed by atoms with van der Waals surface area (Å²) in [7, 11) is 1.98. The van der Waals surface area contributed by atoms with Crippen LogP contribution in [0.1, 0.15) is 24.1 Å². The molecule has 1 aliphatic rings. The Morgan fingerprint density at radius 1 is 1.58 bits per heavy atom. The molecule has 1 fully saturated rings. The highest BCUT2D eigenvalue weighted by molar-refractivity contribution is 7.09. The van der Waals surface area contributed by atoms with Crippen LogP contribution in [0.3, 0.4) is 0 Å². The fourth-order valence-corrected chi connectivity index (χ4v) is 3.29. The van der Waals surface area contributed by atoms with Crippen LogP contribution < -0.4 is 5.32 Å². The van der Waals surface area contributed by atoms with Crippen LogP contribution in [0, 0.1) is 5.92 Å². The molecule has 2 heterocycles. The molecule has 1 aromatic rings. The lowest BCUT2D eigenvalue weighted by molar-refractivity contribution is -0.130. The van der Waals surface area contributed by atoms with Crippen molar-refractivity contribution in [2.24, 2.45) is 5.92 Å². The molecule has 1 unspecified atom stereocenters. The van der Waals surface area contributed by atoms with E-state index in [1.165, 1.54) is 4.88 Å². The Kier molecular flexibility index (Phi) is 7.42. The SMILES string of the molecule is CNCC1CCN(C(=O)CCCc2cccs2)C1.Cl. The number of thiophene rings is 1. The molecule has 3 nitrogen and oxygen atoms in total. The minimum absolute atomic E-state index is 0. The maximum atomic E-state index is 12.0. The third-order valence-corrected chi connectivity index (χ3v) is 4.46. The van der Waals surface area contributed by atoms with Gasteiger partial charge >= 0.3 is 0 Å². The van der Waals surface area contributed by atoms with Crippen LogP contribution in [0.2, 0.25) is 0 Å². The van der Waals surface area contributed by atoms with Crippen molar-refractivity contribution < 1.29 is 4.79 Å². The van der Waals surface area contributed by atoms with Gasteiger partial charge in [0.25, 0.3) is 0 Å². The summed E-state index contributed by atoms with van der Waals surface area (Å²) in [6.45, 7) is 2.92. The second kappa shape index (κ2) is 8.56. The fraction of sp³-hybridized carbons (Fsp3) is 0.643. The fourth-order valence-electron chi connectivity index (χ4n) is 2.54. The van der Waals surface area contributed by atoms with Gasteiger partial charge in [-0.15, -0.1) is 23.7 Å². The van der Waals surface area contributed by atoms with Crippen molar-refractivity contribution in [3.63, 3.8) is 0 Å². The summed E-state index contributed by atoms with van der Waals surface area (Å²) >= 11 is 1.78. The Labute approximate surface area is 125 Å². The third kappa shape index (κ3) is 5.13. The molecule has 5 heteroatoms.